The van der Waals surface area contributed by atoms with Crippen molar-refractivity contribution in [3.63, 3.8) is 0 Å². The third-order valence-electron chi connectivity index (χ3n) is 7.12. The monoisotopic (exact) mass is 525 g/mol. The number of pyridine rings is 1. The van der Waals surface area contributed by atoms with Gasteiger partial charge in [0.2, 0.25) is 0 Å². The quantitative estimate of drug-likeness (QED) is 0.342. The Labute approximate surface area is 221 Å². The Morgan fingerprint density at radius 2 is 1.83 bits per heavy atom. The molecule has 0 radical (unpaired) electrons. The minimum atomic E-state index is -0.0300. The van der Waals surface area contributed by atoms with Gasteiger partial charge in [-0.3, -0.25) is 9.69 Å². The normalized spacial score (nSPS) is 17.3. The van der Waals surface area contributed by atoms with Crippen molar-refractivity contribution in [1.82, 2.24) is 9.88 Å². The SMILES string of the molecule is Cc1ccc2c(c1)C1(CCN(CC=Cc3ccc(Cl)c(Cl)c3)CC1)CN2C(=O)c1ccnc(Cl)c1. The zero-order valence-corrected chi connectivity index (χ0v) is 21.7. The Kier molecular flexibility index (Phi) is 6.91. The number of amides is 1. The molecular formula is C28H26Cl3N3O. The summed E-state index contributed by atoms with van der Waals surface area (Å²) < 4.78 is 0. The van der Waals surface area contributed by atoms with Crippen LogP contribution in [0.15, 0.2) is 60.8 Å². The lowest BCUT2D eigenvalue weighted by Gasteiger charge is -2.39. The standard InChI is InChI=1S/C28H26Cl3N3O/c1-19-4-7-25-22(15-19)28(18-34(25)27(35)21-8-11-32-26(31)17-21)9-13-33(14-10-28)12-2-3-20-5-6-23(29)24(30)16-20/h2-8,11,15-17H,9-10,12-14,18H2,1H3. The average Bonchev–Trinajstić information content (AvgIpc) is 3.15. The largest absolute Gasteiger partial charge is 0.307 e. The first-order valence-corrected chi connectivity index (χ1v) is 12.9. The molecule has 1 spiro atoms. The van der Waals surface area contributed by atoms with Gasteiger partial charge in [-0.1, -0.05) is 70.7 Å². The fourth-order valence-electron chi connectivity index (χ4n) is 5.20. The van der Waals surface area contributed by atoms with Crippen molar-refractivity contribution in [3.8, 4) is 0 Å². The second-order valence-corrected chi connectivity index (χ2v) is 10.6. The molecule has 1 aromatic heterocycles. The molecule has 0 N–H and O–H groups in total. The van der Waals surface area contributed by atoms with E-state index in [1.165, 1.54) is 11.1 Å². The van der Waals surface area contributed by atoms with Gasteiger partial charge in [-0.25, -0.2) is 4.98 Å². The third-order valence-corrected chi connectivity index (χ3v) is 8.07. The number of nitrogens with zero attached hydrogens (tertiary/aromatic N) is 3. The number of carbonyl (C=O) groups excluding carboxylic acids is 1. The number of aromatic nitrogens is 1. The van der Waals surface area contributed by atoms with E-state index < -0.39 is 0 Å². The Bertz CT molecular complexity index is 1300. The van der Waals surface area contributed by atoms with Gasteiger partial charge in [0, 0.05) is 36.0 Å². The van der Waals surface area contributed by atoms with Gasteiger partial charge in [-0.05, 0) is 74.3 Å². The molecule has 0 saturated carbocycles. The fraction of sp³-hybridized carbons (Fsp3) is 0.286. The highest BCUT2D eigenvalue weighted by atomic mass is 35.5. The van der Waals surface area contributed by atoms with Crippen molar-refractivity contribution >= 4 is 52.5 Å². The molecule has 2 aromatic carbocycles. The molecule has 7 heteroatoms. The van der Waals surface area contributed by atoms with Crippen LogP contribution in [-0.4, -0.2) is 42.0 Å². The lowest BCUT2D eigenvalue weighted by atomic mass is 9.74. The number of carbonyl (C=O) groups is 1. The van der Waals surface area contributed by atoms with Gasteiger partial charge in [0.25, 0.3) is 5.91 Å². The molecule has 0 bridgehead atoms. The van der Waals surface area contributed by atoms with Crippen LogP contribution in [0.4, 0.5) is 5.69 Å². The first kappa shape index (κ1) is 24.3. The van der Waals surface area contributed by atoms with E-state index in [1.54, 1.807) is 18.3 Å². The predicted octanol–water partition coefficient (Wildman–Crippen LogP) is 7.06. The molecule has 0 aliphatic carbocycles. The molecule has 4 nitrogen and oxygen atoms in total. The zero-order chi connectivity index (χ0) is 24.6. The van der Waals surface area contributed by atoms with Crippen LogP contribution >= 0.6 is 34.8 Å². The maximum atomic E-state index is 13.5. The van der Waals surface area contributed by atoms with E-state index >= 15 is 0 Å². The summed E-state index contributed by atoms with van der Waals surface area (Å²) in [5, 5.41) is 1.46. The van der Waals surface area contributed by atoms with E-state index in [0.29, 0.717) is 27.3 Å². The van der Waals surface area contributed by atoms with Gasteiger partial charge >= 0.3 is 0 Å². The number of piperidine rings is 1. The summed E-state index contributed by atoms with van der Waals surface area (Å²) >= 11 is 18.2. The molecule has 180 valence electrons. The average molecular weight is 527 g/mol. The molecule has 3 heterocycles. The van der Waals surface area contributed by atoms with Crippen LogP contribution in [-0.2, 0) is 5.41 Å². The Balaban J connectivity index is 1.31. The van der Waals surface area contributed by atoms with Gasteiger partial charge in [0.05, 0.1) is 10.0 Å². The van der Waals surface area contributed by atoms with Crippen LogP contribution in [0.5, 0.6) is 0 Å². The van der Waals surface area contributed by atoms with E-state index in [1.807, 2.05) is 23.1 Å². The summed E-state index contributed by atoms with van der Waals surface area (Å²) in [4.78, 5) is 21.9. The van der Waals surface area contributed by atoms with E-state index in [2.05, 4.69) is 47.2 Å². The maximum Gasteiger partial charge on any atom is 0.258 e. The number of likely N-dealkylation sites (tertiary alicyclic amines) is 1. The molecule has 5 rings (SSSR count). The summed E-state index contributed by atoms with van der Waals surface area (Å²) in [5.41, 5.74) is 5.10. The van der Waals surface area contributed by atoms with Crippen LogP contribution in [0.1, 0.15) is 39.9 Å². The Morgan fingerprint density at radius 3 is 2.57 bits per heavy atom. The number of halogens is 3. The van der Waals surface area contributed by atoms with Crippen LogP contribution in [0.3, 0.4) is 0 Å². The fourth-order valence-corrected chi connectivity index (χ4v) is 5.68. The molecule has 1 saturated heterocycles. The molecular weight excluding hydrogens is 501 g/mol. The van der Waals surface area contributed by atoms with Crippen LogP contribution in [0, 0.1) is 6.92 Å². The minimum absolute atomic E-state index is 0.0248. The highest BCUT2D eigenvalue weighted by molar-refractivity contribution is 6.42. The number of aryl methyl sites for hydroxylation is 1. The summed E-state index contributed by atoms with van der Waals surface area (Å²) in [6, 6.07) is 15.5. The smallest absolute Gasteiger partial charge is 0.258 e. The molecule has 35 heavy (non-hydrogen) atoms. The lowest BCUT2D eigenvalue weighted by molar-refractivity contribution is 0.0977. The van der Waals surface area contributed by atoms with Crippen molar-refractivity contribution in [2.24, 2.45) is 0 Å². The summed E-state index contributed by atoms with van der Waals surface area (Å²) in [6.45, 7) is 5.63. The third kappa shape index (κ3) is 4.99. The number of fused-ring (bicyclic) bond motifs is 2. The number of rotatable bonds is 4. The number of benzene rings is 2. The second kappa shape index (κ2) is 9.94. The highest BCUT2D eigenvalue weighted by Gasteiger charge is 2.46. The van der Waals surface area contributed by atoms with Crippen LogP contribution < -0.4 is 4.90 Å². The first-order valence-electron chi connectivity index (χ1n) is 11.7. The highest BCUT2D eigenvalue weighted by Crippen LogP contribution is 2.47. The lowest BCUT2D eigenvalue weighted by Crippen LogP contribution is -2.46. The molecule has 2 aliphatic rings. The van der Waals surface area contributed by atoms with Crippen LogP contribution in [0.25, 0.3) is 6.08 Å². The van der Waals surface area contributed by atoms with E-state index in [-0.39, 0.29) is 11.3 Å². The molecule has 3 aromatic rings. The predicted molar refractivity (Wildman–Crippen MR) is 145 cm³/mol. The molecule has 1 amide bonds. The number of hydrogen-bond donors (Lipinski definition) is 0. The molecule has 2 aliphatic heterocycles. The van der Waals surface area contributed by atoms with Crippen molar-refractivity contribution in [3.05, 3.63) is 98.3 Å². The van der Waals surface area contributed by atoms with Gasteiger partial charge in [0.1, 0.15) is 5.15 Å². The van der Waals surface area contributed by atoms with E-state index in [9.17, 15) is 4.79 Å². The van der Waals surface area contributed by atoms with Crippen molar-refractivity contribution < 1.29 is 4.79 Å². The number of anilines is 1. The summed E-state index contributed by atoms with van der Waals surface area (Å²) in [5.74, 6) is -0.0248. The topological polar surface area (TPSA) is 36.4 Å². The Morgan fingerprint density at radius 1 is 1.03 bits per heavy atom. The van der Waals surface area contributed by atoms with Crippen molar-refractivity contribution in [1.29, 1.82) is 0 Å². The molecule has 0 atom stereocenters. The minimum Gasteiger partial charge on any atom is -0.307 e. The van der Waals surface area contributed by atoms with E-state index in [4.69, 9.17) is 34.8 Å². The summed E-state index contributed by atoms with van der Waals surface area (Å²) in [6.07, 6.45) is 7.85. The molecule has 0 unspecified atom stereocenters. The molecule has 1 fully saturated rings. The van der Waals surface area contributed by atoms with E-state index in [0.717, 1.165) is 43.7 Å². The number of hydrogen-bond acceptors (Lipinski definition) is 3. The maximum absolute atomic E-state index is 13.5. The van der Waals surface area contributed by atoms with Gasteiger partial charge in [-0.2, -0.15) is 0 Å². The van der Waals surface area contributed by atoms with Gasteiger partial charge in [0.15, 0.2) is 0 Å². The van der Waals surface area contributed by atoms with Crippen molar-refractivity contribution in [2.45, 2.75) is 25.2 Å². The van der Waals surface area contributed by atoms with Crippen LogP contribution in [0.2, 0.25) is 15.2 Å². The first-order chi connectivity index (χ1) is 16.8. The Hall–Kier alpha value is -2.37. The summed E-state index contributed by atoms with van der Waals surface area (Å²) in [7, 11) is 0. The van der Waals surface area contributed by atoms with Gasteiger partial charge < -0.3 is 4.90 Å². The van der Waals surface area contributed by atoms with Crippen molar-refractivity contribution in [2.75, 3.05) is 31.1 Å². The van der Waals surface area contributed by atoms with Gasteiger partial charge in [-0.15, -0.1) is 0 Å². The zero-order valence-electron chi connectivity index (χ0n) is 19.5. The second-order valence-electron chi connectivity index (χ2n) is 9.44.